The quantitative estimate of drug-likeness (QED) is 0.806. The van der Waals surface area contributed by atoms with Crippen molar-refractivity contribution in [2.75, 3.05) is 5.75 Å². The Kier molecular flexibility index (Phi) is 3.27. The average Bonchev–Trinajstić information content (AvgIpc) is 3.29. The minimum Gasteiger partial charge on any atom is -0.314 e. The van der Waals surface area contributed by atoms with Crippen molar-refractivity contribution in [2.45, 2.75) is 61.7 Å². The fourth-order valence-electron chi connectivity index (χ4n) is 2.09. The van der Waals surface area contributed by atoms with Crippen LogP contribution in [0.15, 0.2) is 5.16 Å². The van der Waals surface area contributed by atoms with E-state index in [4.69, 9.17) is 11.0 Å². The molecule has 2 fully saturated rings. The number of hydrogen-bond donors (Lipinski definition) is 1. The van der Waals surface area contributed by atoms with Gasteiger partial charge in [-0.1, -0.05) is 11.8 Å². The molecule has 0 spiro atoms. The van der Waals surface area contributed by atoms with Gasteiger partial charge >= 0.3 is 0 Å². The smallest absolute Gasteiger partial charge is 0.191 e. The third kappa shape index (κ3) is 2.93. The van der Waals surface area contributed by atoms with E-state index in [2.05, 4.69) is 20.8 Å². The van der Waals surface area contributed by atoms with Crippen LogP contribution in [0, 0.1) is 11.3 Å². The normalized spacial score (nSPS) is 21.9. The predicted molar refractivity (Wildman–Crippen MR) is 73.8 cm³/mol. The minimum atomic E-state index is -0.739. The van der Waals surface area contributed by atoms with Gasteiger partial charge in [0.15, 0.2) is 5.16 Å². The summed E-state index contributed by atoms with van der Waals surface area (Å²) in [5.74, 6) is 2.64. The second kappa shape index (κ2) is 4.80. The Morgan fingerprint density at radius 3 is 2.74 bits per heavy atom. The van der Waals surface area contributed by atoms with Crippen LogP contribution < -0.4 is 5.73 Å². The molecule has 0 saturated heterocycles. The van der Waals surface area contributed by atoms with Crippen molar-refractivity contribution in [2.24, 2.45) is 5.73 Å². The zero-order chi connectivity index (χ0) is 13.5. The summed E-state index contributed by atoms with van der Waals surface area (Å²) in [6, 6.07) is 2.75. The second-order valence-electron chi connectivity index (χ2n) is 5.84. The number of thioether (sulfide) groups is 1. The summed E-state index contributed by atoms with van der Waals surface area (Å²) >= 11 is 1.68. The molecule has 2 aliphatic carbocycles. The summed E-state index contributed by atoms with van der Waals surface area (Å²) in [4.78, 5) is 0. The van der Waals surface area contributed by atoms with E-state index in [1.165, 1.54) is 31.5 Å². The number of nitriles is 1. The standard InChI is InChI=1S/C13H19N5S/c1-13(15,8-14)6-7-19-12-17-16-11(9-2-3-9)18(12)10-4-5-10/h9-10H,2-7,15H2,1H3. The number of hydrogen-bond acceptors (Lipinski definition) is 5. The number of nitrogens with two attached hydrogens (primary N) is 1. The Hall–Kier alpha value is -1.06. The lowest BCUT2D eigenvalue weighted by Gasteiger charge is -2.14. The van der Waals surface area contributed by atoms with Gasteiger partial charge < -0.3 is 10.3 Å². The molecule has 2 N–H and O–H groups in total. The second-order valence-corrected chi connectivity index (χ2v) is 6.91. The molecule has 102 valence electrons. The first-order valence-electron chi connectivity index (χ1n) is 6.88. The lowest BCUT2D eigenvalue weighted by Crippen LogP contribution is -2.34. The van der Waals surface area contributed by atoms with E-state index >= 15 is 0 Å². The summed E-state index contributed by atoms with van der Waals surface area (Å²) < 4.78 is 2.34. The van der Waals surface area contributed by atoms with E-state index < -0.39 is 5.54 Å². The summed E-state index contributed by atoms with van der Waals surface area (Å²) in [6.07, 6.45) is 5.68. The highest BCUT2D eigenvalue weighted by Gasteiger charge is 2.36. The molecule has 1 unspecified atom stereocenters. The Bertz CT molecular complexity index is 508. The van der Waals surface area contributed by atoms with Gasteiger partial charge in [0.05, 0.1) is 6.07 Å². The maximum Gasteiger partial charge on any atom is 0.191 e. The Balaban J connectivity index is 1.66. The maximum atomic E-state index is 8.91. The van der Waals surface area contributed by atoms with Crippen LogP contribution in [0.25, 0.3) is 0 Å². The first-order chi connectivity index (χ1) is 9.11. The number of nitrogens with zero attached hydrogens (tertiary/aromatic N) is 4. The molecule has 0 bridgehead atoms. The zero-order valence-electron chi connectivity index (χ0n) is 11.2. The molecular weight excluding hydrogens is 258 g/mol. The van der Waals surface area contributed by atoms with Crippen LogP contribution in [0.2, 0.25) is 0 Å². The van der Waals surface area contributed by atoms with E-state index in [0.717, 1.165) is 10.9 Å². The third-order valence-corrected chi connectivity index (χ3v) is 4.60. The first-order valence-corrected chi connectivity index (χ1v) is 7.87. The molecule has 1 aromatic heterocycles. The molecule has 3 rings (SSSR count). The van der Waals surface area contributed by atoms with Gasteiger partial charge in [-0.3, -0.25) is 0 Å². The Morgan fingerprint density at radius 1 is 1.42 bits per heavy atom. The van der Waals surface area contributed by atoms with Crippen molar-refractivity contribution in [1.82, 2.24) is 14.8 Å². The van der Waals surface area contributed by atoms with Crippen molar-refractivity contribution >= 4 is 11.8 Å². The van der Waals surface area contributed by atoms with Crippen LogP contribution in [-0.4, -0.2) is 26.1 Å². The SMILES string of the molecule is CC(N)(C#N)CCSc1nnc(C2CC2)n1C1CC1. The molecular formula is C13H19N5S. The van der Waals surface area contributed by atoms with Gasteiger partial charge in [-0.25, -0.2) is 0 Å². The van der Waals surface area contributed by atoms with Crippen molar-refractivity contribution in [3.05, 3.63) is 5.82 Å². The van der Waals surface area contributed by atoms with E-state index in [1.807, 2.05) is 0 Å². The fraction of sp³-hybridized carbons (Fsp3) is 0.769. The molecule has 2 aliphatic rings. The van der Waals surface area contributed by atoms with E-state index in [0.29, 0.717) is 18.4 Å². The van der Waals surface area contributed by atoms with Crippen molar-refractivity contribution in [1.29, 1.82) is 5.26 Å². The molecule has 0 radical (unpaired) electrons. The van der Waals surface area contributed by atoms with Gasteiger partial charge in [-0.15, -0.1) is 10.2 Å². The van der Waals surface area contributed by atoms with Crippen LogP contribution in [0.3, 0.4) is 0 Å². The van der Waals surface area contributed by atoms with Crippen LogP contribution in [0.4, 0.5) is 0 Å². The largest absolute Gasteiger partial charge is 0.314 e. The maximum absolute atomic E-state index is 8.91. The number of aromatic nitrogens is 3. The van der Waals surface area contributed by atoms with Gasteiger partial charge in [-0.2, -0.15) is 5.26 Å². The van der Waals surface area contributed by atoms with Crippen molar-refractivity contribution < 1.29 is 0 Å². The average molecular weight is 277 g/mol. The molecule has 19 heavy (non-hydrogen) atoms. The van der Waals surface area contributed by atoms with E-state index in [1.54, 1.807) is 18.7 Å². The van der Waals surface area contributed by atoms with Crippen LogP contribution in [-0.2, 0) is 0 Å². The highest BCUT2D eigenvalue weighted by atomic mass is 32.2. The highest BCUT2D eigenvalue weighted by molar-refractivity contribution is 7.99. The fourth-order valence-corrected chi connectivity index (χ4v) is 3.28. The topological polar surface area (TPSA) is 80.5 Å². The van der Waals surface area contributed by atoms with Gasteiger partial charge in [0, 0.05) is 17.7 Å². The summed E-state index contributed by atoms with van der Waals surface area (Å²) in [5.41, 5.74) is 5.10. The predicted octanol–water partition coefficient (Wildman–Crippen LogP) is 2.21. The molecule has 0 amide bonds. The van der Waals surface area contributed by atoms with Gasteiger partial charge in [0.1, 0.15) is 11.4 Å². The summed E-state index contributed by atoms with van der Waals surface area (Å²) in [5, 5.41) is 18.6. The molecule has 1 aromatic rings. The minimum absolute atomic E-state index is 0.619. The molecule has 6 heteroatoms. The summed E-state index contributed by atoms with van der Waals surface area (Å²) in [7, 11) is 0. The van der Waals surface area contributed by atoms with Gasteiger partial charge in [0.2, 0.25) is 0 Å². The van der Waals surface area contributed by atoms with E-state index in [9.17, 15) is 0 Å². The monoisotopic (exact) mass is 277 g/mol. The molecule has 0 aromatic carbocycles. The highest BCUT2D eigenvalue weighted by Crippen LogP contribution is 2.46. The molecule has 0 aliphatic heterocycles. The molecule has 1 heterocycles. The van der Waals surface area contributed by atoms with E-state index in [-0.39, 0.29) is 0 Å². The molecule has 5 nitrogen and oxygen atoms in total. The molecule has 2 saturated carbocycles. The van der Waals surface area contributed by atoms with Crippen molar-refractivity contribution in [3.63, 3.8) is 0 Å². The van der Waals surface area contributed by atoms with Gasteiger partial charge in [0.25, 0.3) is 0 Å². The zero-order valence-corrected chi connectivity index (χ0v) is 12.0. The molecule has 1 atom stereocenters. The Labute approximate surface area is 117 Å². The lowest BCUT2D eigenvalue weighted by atomic mass is 10.0. The number of rotatable bonds is 6. The van der Waals surface area contributed by atoms with Crippen LogP contribution in [0.1, 0.15) is 56.8 Å². The first kappa shape index (κ1) is 12.9. The van der Waals surface area contributed by atoms with Crippen LogP contribution in [0.5, 0.6) is 0 Å². The van der Waals surface area contributed by atoms with Crippen LogP contribution >= 0.6 is 11.8 Å². The Morgan fingerprint density at radius 2 is 2.16 bits per heavy atom. The summed E-state index contributed by atoms with van der Waals surface area (Å²) in [6.45, 7) is 1.77. The van der Waals surface area contributed by atoms with Gasteiger partial charge in [-0.05, 0) is 39.0 Å². The van der Waals surface area contributed by atoms with Crippen molar-refractivity contribution in [3.8, 4) is 6.07 Å². The third-order valence-electron chi connectivity index (χ3n) is 3.65. The lowest BCUT2D eigenvalue weighted by molar-refractivity contribution is 0.581.